The van der Waals surface area contributed by atoms with Gasteiger partial charge in [0.25, 0.3) is 0 Å². The van der Waals surface area contributed by atoms with Gasteiger partial charge in [0, 0.05) is 16.5 Å². The van der Waals surface area contributed by atoms with E-state index in [4.69, 9.17) is 10.9 Å². The molecule has 1 aliphatic rings. The van der Waals surface area contributed by atoms with Crippen LogP contribution in [-0.4, -0.2) is 14.2 Å². The molecule has 0 amide bonds. The Balaban J connectivity index is 2.09. The highest BCUT2D eigenvalue weighted by Crippen LogP contribution is 2.63. The lowest BCUT2D eigenvalue weighted by atomic mass is 10.0. The van der Waals surface area contributed by atoms with Crippen molar-refractivity contribution in [3.63, 3.8) is 0 Å². The van der Waals surface area contributed by atoms with Crippen LogP contribution in [0.2, 0.25) is 0 Å². The minimum absolute atomic E-state index is 0.0292. The van der Waals surface area contributed by atoms with Crippen LogP contribution in [0.1, 0.15) is 17.5 Å². The number of sulfonamides is 1. The molecule has 5 nitrogen and oxygen atoms in total. The molecule has 0 spiro atoms. The van der Waals surface area contributed by atoms with Crippen molar-refractivity contribution in [2.24, 2.45) is 10.9 Å². The first kappa shape index (κ1) is 18.5. The number of nitrogens with one attached hydrogen (secondary N) is 1. The summed E-state index contributed by atoms with van der Waals surface area (Å²) in [5, 5.41) is 7.77. The van der Waals surface area contributed by atoms with Crippen molar-refractivity contribution in [2.45, 2.75) is 23.5 Å². The summed E-state index contributed by atoms with van der Waals surface area (Å²) in [6.07, 6.45) is -0.429. The third-order valence-electron chi connectivity index (χ3n) is 4.43. The maximum atomic E-state index is 15.5. The Kier molecular flexibility index (Phi) is 4.55. The monoisotopic (exact) mass is 479 g/mol. The first-order valence-corrected chi connectivity index (χ1v) is 10.00. The van der Waals surface area contributed by atoms with Gasteiger partial charge in [-0.05, 0) is 51.9 Å². The van der Waals surface area contributed by atoms with Crippen LogP contribution in [0, 0.1) is 9.39 Å². The SMILES string of the molecule is NCc1ccccc1C1(S(N)(=O)=O)CC1(F)Nc1ccc(I)cc1F. The standard InChI is InChI=1S/C16H16F2IN3O2S/c17-13-7-11(19)5-6-14(13)22-16(18)9-15(16,25(21,23)24)12-4-2-1-3-10(12)8-20/h1-7,22H,8-9,20H2,(H2,21,23,24). The molecule has 0 aliphatic heterocycles. The first-order chi connectivity index (χ1) is 11.6. The van der Waals surface area contributed by atoms with E-state index >= 15 is 4.39 Å². The molecular weight excluding hydrogens is 463 g/mol. The van der Waals surface area contributed by atoms with E-state index in [9.17, 15) is 12.8 Å². The van der Waals surface area contributed by atoms with Crippen molar-refractivity contribution < 1.29 is 17.2 Å². The number of nitrogens with two attached hydrogens (primary N) is 2. The van der Waals surface area contributed by atoms with Gasteiger partial charge in [-0.25, -0.2) is 22.3 Å². The maximum Gasteiger partial charge on any atom is 0.224 e. The molecule has 0 bridgehead atoms. The Morgan fingerprint density at radius 3 is 2.52 bits per heavy atom. The summed E-state index contributed by atoms with van der Waals surface area (Å²) in [5.41, 5.74) is 6.20. The minimum Gasteiger partial charge on any atom is -0.349 e. The molecule has 2 aromatic rings. The highest BCUT2D eigenvalue weighted by molar-refractivity contribution is 14.1. The van der Waals surface area contributed by atoms with E-state index in [1.165, 1.54) is 18.2 Å². The maximum absolute atomic E-state index is 15.5. The second kappa shape index (κ2) is 6.15. The zero-order valence-corrected chi connectivity index (χ0v) is 15.9. The molecule has 1 saturated carbocycles. The van der Waals surface area contributed by atoms with Crippen LogP contribution in [0.4, 0.5) is 14.5 Å². The quantitative estimate of drug-likeness (QED) is 0.454. The van der Waals surface area contributed by atoms with Crippen molar-refractivity contribution in [3.05, 3.63) is 63.0 Å². The zero-order chi connectivity index (χ0) is 18.5. The van der Waals surface area contributed by atoms with Crippen LogP contribution < -0.4 is 16.2 Å². The number of halogens is 3. The molecule has 9 heteroatoms. The fraction of sp³-hybridized carbons (Fsp3) is 0.250. The topological polar surface area (TPSA) is 98.2 Å². The summed E-state index contributed by atoms with van der Waals surface area (Å²) in [4.78, 5) is 0. The van der Waals surface area contributed by atoms with Gasteiger partial charge in [-0.2, -0.15) is 0 Å². The predicted octanol–water partition coefficient (Wildman–Crippen LogP) is 2.55. The van der Waals surface area contributed by atoms with E-state index < -0.39 is 32.8 Å². The third-order valence-corrected chi connectivity index (χ3v) is 6.76. The fourth-order valence-corrected chi connectivity index (χ4v) is 4.99. The van der Waals surface area contributed by atoms with E-state index in [-0.39, 0.29) is 17.8 Å². The van der Waals surface area contributed by atoms with E-state index in [1.807, 2.05) is 22.6 Å². The van der Waals surface area contributed by atoms with Gasteiger partial charge in [0.15, 0.2) is 4.75 Å². The summed E-state index contributed by atoms with van der Waals surface area (Å²) in [5.74, 6) is -3.11. The summed E-state index contributed by atoms with van der Waals surface area (Å²) >= 11 is 1.92. The summed E-state index contributed by atoms with van der Waals surface area (Å²) in [6, 6.07) is 10.5. The second-order valence-corrected chi connectivity index (χ2v) is 8.99. The van der Waals surface area contributed by atoms with Crippen molar-refractivity contribution >= 4 is 38.3 Å². The normalized spacial score (nSPS) is 25.6. The van der Waals surface area contributed by atoms with Crippen molar-refractivity contribution in [1.82, 2.24) is 0 Å². The second-order valence-electron chi connectivity index (χ2n) is 5.96. The van der Waals surface area contributed by atoms with Crippen LogP contribution in [-0.2, 0) is 21.3 Å². The number of primary sulfonamides is 1. The molecule has 2 aromatic carbocycles. The molecule has 0 heterocycles. The highest BCUT2D eigenvalue weighted by Gasteiger charge is 2.78. The Labute approximate surface area is 158 Å². The highest BCUT2D eigenvalue weighted by atomic mass is 127. The molecule has 3 rings (SSSR count). The van der Waals surface area contributed by atoms with E-state index in [2.05, 4.69) is 5.32 Å². The number of alkyl halides is 1. The Morgan fingerprint density at radius 2 is 1.92 bits per heavy atom. The first-order valence-electron chi connectivity index (χ1n) is 7.37. The smallest absolute Gasteiger partial charge is 0.224 e. The lowest BCUT2D eigenvalue weighted by Crippen LogP contribution is -2.39. The van der Waals surface area contributed by atoms with Crippen LogP contribution in [0.5, 0.6) is 0 Å². The average Bonchev–Trinajstić information content (AvgIpc) is 3.17. The Bertz CT molecular complexity index is 941. The largest absolute Gasteiger partial charge is 0.349 e. The molecule has 25 heavy (non-hydrogen) atoms. The third kappa shape index (κ3) is 2.92. The Morgan fingerprint density at radius 1 is 1.24 bits per heavy atom. The molecule has 1 aliphatic carbocycles. The number of rotatable bonds is 5. The molecular formula is C16H16F2IN3O2S. The average molecular weight is 479 g/mol. The van der Waals surface area contributed by atoms with Crippen molar-refractivity contribution in [1.29, 1.82) is 0 Å². The number of benzene rings is 2. The van der Waals surface area contributed by atoms with Crippen LogP contribution >= 0.6 is 22.6 Å². The number of hydrogen-bond donors (Lipinski definition) is 3. The Hall–Kier alpha value is -1.30. The summed E-state index contributed by atoms with van der Waals surface area (Å²) < 4.78 is 52.8. The zero-order valence-electron chi connectivity index (χ0n) is 13.0. The van der Waals surface area contributed by atoms with Gasteiger partial charge >= 0.3 is 0 Å². The van der Waals surface area contributed by atoms with Gasteiger partial charge in [0.2, 0.25) is 15.8 Å². The molecule has 0 aromatic heterocycles. The molecule has 134 valence electrons. The van der Waals surface area contributed by atoms with Crippen molar-refractivity contribution in [3.8, 4) is 0 Å². The fourth-order valence-electron chi connectivity index (χ4n) is 3.13. The summed E-state index contributed by atoms with van der Waals surface area (Å²) in [6.45, 7) is 0.0292. The van der Waals surface area contributed by atoms with Gasteiger partial charge in [-0.1, -0.05) is 24.3 Å². The van der Waals surface area contributed by atoms with Crippen molar-refractivity contribution in [2.75, 3.05) is 5.32 Å². The number of anilines is 1. The van der Waals surface area contributed by atoms with Gasteiger partial charge < -0.3 is 11.1 Å². The molecule has 2 atom stereocenters. The lowest BCUT2D eigenvalue weighted by Gasteiger charge is -2.23. The summed E-state index contributed by atoms with van der Waals surface area (Å²) in [7, 11) is -4.34. The van der Waals surface area contributed by atoms with E-state index in [1.54, 1.807) is 24.3 Å². The van der Waals surface area contributed by atoms with E-state index in [0.29, 0.717) is 9.13 Å². The van der Waals surface area contributed by atoms with Gasteiger partial charge in [0.05, 0.1) is 5.69 Å². The molecule has 0 radical (unpaired) electrons. The lowest BCUT2D eigenvalue weighted by molar-refractivity contribution is 0.325. The number of hydrogen-bond acceptors (Lipinski definition) is 4. The van der Waals surface area contributed by atoms with Gasteiger partial charge in [-0.15, -0.1) is 0 Å². The van der Waals surface area contributed by atoms with Crippen LogP contribution in [0.15, 0.2) is 42.5 Å². The predicted molar refractivity (Wildman–Crippen MR) is 100 cm³/mol. The van der Waals surface area contributed by atoms with Gasteiger partial charge in [-0.3, -0.25) is 0 Å². The minimum atomic E-state index is -4.34. The van der Waals surface area contributed by atoms with Crippen LogP contribution in [0.3, 0.4) is 0 Å². The van der Waals surface area contributed by atoms with Gasteiger partial charge in [0.1, 0.15) is 5.82 Å². The van der Waals surface area contributed by atoms with Crippen LogP contribution in [0.25, 0.3) is 0 Å². The molecule has 0 saturated heterocycles. The molecule has 5 N–H and O–H groups in total. The molecule has 1 fully saturated rings. The molecule has 2 unspecified atom stereocenters. The van der Waals surface area contributed by atoms with E-state index in [0.717, 1.165) is 0 Å².